The average Bonchev–Trinajstić information content (AvgIpc) is 3.39. The van der Waals surface area contributed by atoms with Crippen molar-refractivity contribution in [2.75, 3.05) is 19.7 Å². The zero-order chi connectivity index (χ0) is 20.9. The largest absolute Gasteiger partial charge is 0.494 e. The quantitative estimate of drug-likeness (QED) is 0.521. The van der Waals surface area contributed by atoms with Crippen LogP contribution in [-0.2, 0) is 11.2 Å². The number of aromatic nitrogens is 2. The van der Waals surface area contributed by atoms with E-state index >= 15 is 0 Å². The summed E-state index contributed by atoms with van der Waals surface area (Å²) in [5.74, 6) is 1.90. The molecular formula is C23H24ClN3O3. The maximum atomic E-state index is 12.4. The summed E-state index contributed by atoms with van der Waals surface area (Å²) >= 11 is 5.93. The van der Waals surface area contributed by atoms with Gasteiger partial charge in [0.15, 0.2) is 0 Å². The minimum absolute atomic E-state index is 0.0730. The van der Waals surface area contributed by atoms with Crippen LogP contribution in [-0.4, -0.2) is 40.6 Å². The summed E-state index contributed by atoms with van der Waals surface area (Å²) in [6, 6.07) is 15.3. The van der Waals surface area contributed by atoms with Gasteiger partial charge in [-0.25, -0.2) is 0 Å². The van der Waals surface area contributed by atoms with Crippen LogP contribution in [0.4, 0.5) is 0 Å². The molecule has 0 bridgehead atoms. The molecule has 30 heavy (non-hydrogen) atoms. The minimum atomic E-state index is -0.0730. The molecule has 1 unspecified atom stereocenters. The number of amides is 1. The number of rotatable bonds is 8. The molecule has 4 rings (SSSR count). The summed E-state index contributed by atoms with van der Waals surface area (Å²) in [7, 11) is 0. The molecule has 7 heteroatoms. The molecule has 2 heterocycles. The first-order valence-electron chi connectivity index (χ1n) is 10.2. The Balaban J connectivity index is 1.36. The lowest BCUT2D eigenvalue weighted by Gasteiger charge is -2.15. The molecule has 1 aromatic heterocycles. The third kappa shape index (κ3) is 4.82. The Morgan fingerprint density at radius 3 is 2.67 bits per heavy atom. The van der Waals surface area contributed by atoms with Gasteiger partial charge in [-0.1, -0.05) is 35.8 Å². The van der Waals surface area contributed by atoms with Crippen LogP contribution in [0.3, 0.4) is 0 Å². The maximum absolute atomic E-state index is 12.4. The standard InChI is InChI=1S/C23H24ClN3O3/c1-2-13-29-20-9-5-17(6-10-20)22-25-23(30-26-22)18-14-21(28)27(15-18)12-11-16-3-7-19(24)8-4-16/h3-10,18H,2,11-15H2,1H3. The van der Waals surface area contributed by atoms with Crippen LogP contribution in [0.25, 0.3) is 11.4 Å². The lowest BCUT2D eigenvalue weighted by molar-refractivity contribution is -0.127. The van der Waals surface area contributed by atoms with Gasteiger partial charge in [0.05, 0.1) is 12.5 Å². The van der Waals surface area contributed by atoms with Crippen LogP contribution in [0, 0.1) is 0 Å². The van der Waals surface area contributed by atoms with Crippen molar-refractivity contribution in [2.24, 2.45) is 0 Å². The van der Waals surface area contributed by atoms with Crippen LogP contribution in [0.2, 0.25) is 5.02 Å². The predicted octanol–water partition coefficient (Wildman–Crippen LogP) is 4.74. The molecule has 0 spiro atoms. The van der Waals surface area contributed by atoms with E-state index < -0.39 is 0 Å². The molecule has 1 aliphatic heterocycles. The number of hydrogen-bond donors (Lipinski definition) is 0. The molecular weight excluding hydrogens is 402 g/mol. The SMILES string of the molecule is CCCOc1ccc(-c2noc(C3CC(=O)N(CCc4ccc(Cl)cc4)C3)n2)cc1. The third-order valence-electron chi connectivity index (χ3n) is 5.17. The Kier molecular flexibility index (Phi) is 6.33. The topological polar surface area (TPSA) is 68.5 Å². The molecule has 3 aromatic rings. The van der Waals surface area contributed by atoms with Gasteiger partial charge in [-0.15, -0.1) is 0 Å². The average molecular weight is 426 g/mol. The smallest absolute Gasteiger partial charge is 0.232 e. The van der Waals surface area contributed by atoms with E-state index in [1.165, 1.54) is 0 Å². The van der Waals surface area contributed by atoms with Crippen molar-refractivity contribution in [3.8, 4) is 17.1 Å². The summed E-state index contributed by atoms with van der Waals surface area (Å²) in [5, 5.41) is 4.82. The van der Waals surface area contributed by atoms with Crippen molar-refractivity contribution >= 4 is 17.5 Å². The number of carbonyl (C=O) groups excluding carboxylic acids is 1. The predicted molar refractivity (Wildman–Crippen MR) is 115 cm³/mol. The molecule has 1 saturated heterocycles. The highest BCUT2D eigenvalue weighted by Crippen LogP contribution is 2.29. The molecule has 6 nitrogen and oxygen atoms in total. The Morgan fingerprint density at radius 2 is 1.93 bits per heavy atom. The van der Waals surface area contributed by atoms with Crippen molar-refractivity contribution in [1.82, 2.24) is 15.0 Å². The second kappa shape index (κ2) is 9.30. The van der Waals surface area contributed by atoms with Crippen LogP contribution in [0.1, 0.15) is 37.1 Å². The fourth-order valence-electron chi connectivity index (χ4n) is 3.51. The molecule has 0 aliphatic carbocycles. The van der Waals surface area contributed by atoms with E-state index in [4.69, 9.17) is 20.9 Å². The van der Waals surface area contributed by atoms with Crippen LogP contribution in [0.15, 0.2) is 53.1 Å². The molecule has 156 valence electrons. The number of hydrogen-bond acceptors (Lipinski definition) is 5. The van der Waals surface area contributed by atoms with E-state index in [9.17, 15) is 4.79 Å². The number of likely N-dealkylation sites (tertiary alicyclic amines) is 1. The summed E-state index contributed by atoms with van der Waals surface area (Å²) in [6.45, 7) is 4.02. The monoisotopic (exact) mass is 425 g/mol. The van der Waals surface area contributed by atoms with Crippen LogP contribution in [0.5, 0.6) is 5.75 Å². The molecule has 0 N–H and O–H groups in total. The Bertz CT molecular complexity index is 986. The maximum Gasteiger partial charge on any atom is 0.232 e. The van der Waals surface area contributed by atoms with E-state index in [0.29, 0.717) is 42.9 Å². The first-order valence-corrected chi connectivity index (χ1v) is 10.6. The van der Waals surface area contributed by atoms with E-state index in [-0.39, 0.29) is 11.8 Å². The highest BCUT2D eigenvalue weighted by Gasteiger charge is 2.34. The number of halogens is 1. The first-order chi connectivity index (χ1) is 14.6. The highest BCUT2D eigenvalue weighted by atomic mass is 35.5. The van der Waals surface area contributed by atoms with Crippen molar-refractivity contribution < 1.29 is 14.1 Å². The van der Waals surface area contributed by atoms with Crippen molar-refractivity contribution in [1.29, 1.82) is 0 Å². The van der Waals surface area contributed by atoms with Crippen LogP contribution < -0.4 is 4.74 Å². The zero-order valence-electron chi connectivity index (χ0n) is 16.9. The van der Waals surface area contributed by atoms with Gasteiger partial charge in [-0.2, -0.15) is 4.98 Å². The summed E-state index contributed by atoms with van der Waals surface area (Å²) in [6.07, 6.45) is 2.15. The molecule has 1 fully saturated rings. The third-order valence-corrected chi connectivity index (χ3v) is 5.43. The molecule has 1 amide bonds. The fraction of sp³-hybridized carbons (Fsp3) is 0.348. The van der Waals surface area contributed by atoms with E-state index in [1.807, 2.05) is 53.4 Å². The van der Waals surface area contributed by atoms with Gasteiger partial charge in [0.2, 0.25) is 17.6 Å². The molecule has 1 atom stereocenters. The summed E-state index contributed by atoms with van der Waals surface area (Å²) in [4.78, 5) is 18.8. The zero-order valence-corrected chi connectivity index (χ0v) is 17.6. The number of carbonyl (C=O) groups is 1. The van der Waals surface area contributed by atoms with Gasteiger partial charge in [-0.05, 0) is 54.8 Å². The highest BCUT2D eigenvalue weighted by molar-refractivity contribution is 6.30. The van der Waals surface area contributed by atoms with E-state index in [1.54, 1.807) is 0 Å². The molecule has 0 radical (unpaired) electrons. The van der Waals surface area contributed by atoms with Crippen LogP contribution >= 0.6 is 11.6 Å². The van der Waals surface area contributed by atoms with Gasteiger partial charge in [0.25, 0.3) is 0 Å². The first kappa shape index (κ1) is 20.4. The van der Waals surface area contributed by atoms with Gasteiger partial charge < -0.3 is 14.2 Å². The van der Waals surface area contributed by atoms with Crippen molar-refractivity contribution in [3.63, 3.8) is 0 Å². The Morgan fingerprint density at radius 1 is 1.17 bits per heavy atom. The molecule has 0 saturated carbocycles. The van der Waals surface area contributed by atoms with Crippen molar-refractivity contribution in [3.05, 3.63) is 65.0 Å². The number of ether oxygens (including phenoxy) is 1. The normalized spacial score (nSPS) is 16.3. The molecule has 2 aromatic carbocycles. The fourth-order valence-corrected chi connectivity index (χ4v) is 3.63. The number of nitrogens with zero attached hydrogens (tertiary/aromatic N) is 3. The summed E-state index contributed by atoms with van der Waals surface area (Å²) < 4.78 is 11.1. The number of benzene rings is 2. The lowest BCUT2D eigenvalue weighted by atomic mass is 10.1. The van der Waals surface area contributed by atoms with Gasteiger partial charge in [-0.3, -0.25) is 4.79 Å². The second-order valence-electron chi connectivity index (χ2n) is 7.45. The van der Waals surface area contributed by atoms with E-state index in [0.717, 1.165) is 29.7 Å². The Hall–Kier alpha value is -2.86. The van der Waals surface area contributed by atoms with E-state index in [2.05, 4.69) is 17.1 Å². The van der Waals surface area contributed by atoms with Gasteiger partial charge in [0, 0.05) is 30.1 Å². The van der Waals surface area contributed by atoms with Crippen molar-refractivity contribution in [2.45, 2.75) is 32.1 Å². The second-order valence-corrected chi connectivity index (χ2v) is 7.88. The lowest BCUT2D eigenvalue weighted by Crippen LogP contribution is -2.27. The molecule has 1 aliphatic rings. The van der Waals surface area contributed by atoms with Gasteiger partial charge >= 0.3 is 0 Å². The summed E-state index contributed by atoms with van der Waals surface area (Å²) in [5.41, 5.74) is 2.01. The Labute approximate surface area is 180 Å². The minimum Gasteiger partial charge on any atom is -0.494 e. The van der Waals surface area contributed by atoms with Gasteiger partial charge in [0.1, 0.15) is 5.75 Å².